The van der Waals surface area contributed by atoms with Gasteiger partial charge < -0.3 is 5.32 Å². The smallest absolute Gasteiger partial charge is 0.234 e. The highest BCUT2D eigenvalue weighted by molar-refractivity contribution is 7.99. The largest absolute Gasteiger partial charge is 0.325 e. The van der Waals surface area contributed by atoms with Crippen LogP contribution < -0.4 is 5.32 Å². The van der Waals surface area contributed by atoms with Crippen LogP contribution >= 0.6 is 11.8 Å². The van der Waals surface area contributed by atoms with Gasteiger partial charge in [0.2, 0.25) is 11.1 Å². The van der Waals surface area contributed by atoms with E-state index in [1.807, 2.05) is 72.8 Å². The Morgan fingerprint density at radius 3 is 2.62 bits per heavy atom. The van der Waals surface area contributed by atoms with Crippen molar-refractivity contribution in [3.05, 3.63) is 72.8 Å². The van der Waals surface area contributed by atoms with Gasteiger partial charge in [-0.1, -0.05) is 78.5 Å². The van der Waals surface area contributed by atoms with Crippen LogP contribution in [-0.4, -0.2) is 26.8 Å². The molecule has 0 aliphatic carbocycles. The summed E-state index contributed by atoms with van der Waals surface area (Å²) in [5.41, 5.74) is 1.78. The molecule has 1 heterocycles. The number of rotatable bonds is 5. The first-order chi connectivity index (χ1) is 12.8. The standard InChI is InChI=1S/C20H16N4OS/c25-18(21-17-12-6-10-14-7-4-5-11-16(14)17)13-26-20-22-19(23-24-20)15-8-2-1-3-9-15/h1-12H,13H2,(H,21,25)(H,22,23,24). The molecular formula is C20H16N4OS. The van der Waals surface area contributed by atoms with Gasteiger partial charge in [-0.05, 0) is 11.5 Å². The molecule has 2 N–H and O–H groups in total. The maximum Gasteiger partial charge on any atom is 0.234 e. The second-order valence-corrected chi connectivity index (χ2v) is 6.64. The van der Waals surface area contributed by atoms with Crippen molar-refractivity contribution in [2.45, 2.75) is 5.16 Å². The maximum atomic E-state index is 12.3. The Kier molecular flexibility index (Phi) is 4.66. The van der Waals surface area contributed by atoms with Crippen molar-refractivity contribution in [1.82, 2.24) is 15.2 Å². The van der Waals surface area contributed by atoms with Crippen molar-refractivity contribution in [3.8, 4) is 11.4 Å². The summed E-state index contributed by atoms with van der Waals surface area (Å²) in [5, 5.41) is 12.7. The van der Waals surface area contributed by atoms with Crippen LogP contribution in [0.15, 0.2) is 78.0 Å². The van der Waals surface area contributed by atoms with Crippen LogP contribution in [0, 0.1) is 0 Å². The number of H-pyrrole nitrogens is 1. The first-order valence-corrected chi connectivity index (χ1v) is 9.16. The van der Waals surface area contributed by atoms with Crippen LogP contribution in [0.2, 0.25) is 0 Å². The van der Waals surface area contributed by atoms with E-state index >= 15 is 0 Å². The number of carbonyl (C=O) groups is 1. The van der Waals surface area contributed by atoms with Crippen LogP contribution in [0.4, 0.5) is 5.69 Å². The first kappa shape index (κ1) is 16.4. The average Bonchev–Trinajstić information content (AvgIpc) is 3.17. The Morgan fingerprint density at radius 2 is 1.73 bits per heavy atom. The molecule has 0 fully saturated rings. The highest BCUT2D eigenvalue weighted by Crippen LogP contribution is 2.24. The molecule has 0 atom stereocenters. The number of carbonyl (C=O) groups excluding carboxylic acids is 1. The number of hydrogen-bond acceptors (Lipinski definition) is 4. The van der Waals surface area contributed by atoms with Crippen LogP contribution in [-0.2, 0) is 4.79 Å². The third-order valence-electron chi connectivity index (χ3n) is 3.91. The van der Waals surface area contributed by atoms with Crippen LogP contribution in [0.1, 0.15) is 0 Å². The second-order valence-electron chi connectivity index (χ2n) is 5.70. The van der Waals surface area contributed by atoms with Crippen LogP contribution in [0.3, 0.4) is 0 Å². The third kappa shape index (κ3) is 3.60. The number of aromatic amines is 1. The lowest BCUT2D eigenvalue weighted by molar-refractivity contribution is -0.113. The summed E-state index contributed by atoms with van der Waals surface area (Å²) in [6.07, 6.45) is 0. The number of aromatic nitrogens is 3. The Bertz CT molecular complexity index is 1040. The van der Waals surface area contributed by atoms with Gasteiger partial charge in [0.05, 0.1) is 5.75 Å². The molecule has 0 aliphatic rings. The Hall–Kier alpha value is -3.12. The number of hydrogen-bond donors (Lipinski definition) is 2. The Balaban J connectivity index is 1.41. The molecule has 3 aromatic carbocycles. The van der Waals surface area contributed by atoms with Crippen molar-refractivity contribution in [2.24, 2.45) is 0 Å². The SMILES string of the molecule is O=C(CSc1n[nH]c(-c2ccccc2)n1)Nc1cccc2ccccc12. The zero-order valence-electron chi connectivity index (χ0n) is 13.8. The molecule has 4 aromatic rings. The summed E-state index contributed by atoms with van der Waals surface area (Å²) in [6, 6.07) is 23.6. The molecule has 6 heteroatoms. The number of amides is 1. The van der Waals surface area contributed by atoms with E-state index in [4.69, 9.17) is 0 Å². The van der Waals surface area contributed by atoms with E-state index in [2.05, 4.69) is 20.5 Å². The zero-order chi connectivity index (χ0) is 17.8. The molecule has 26 heavy (non-hydrogen) atoms. The van der Waals surface area contributed by atoms with Gasteiger partial charge in [-0.25, -0.2) is 4.98 Å². The monoisotopic (exact) mass is 360 g/mol. The fourth-order valence-corrected chi connectivity index (χ4v) is 3.29. The van der Waals surface area contributed by atoms with Crippen LogP contribution in [0.5, 0.6) is 0 Å². The molecule has 5 nitrogen and oxygen atoms in total. The molecule has 1 amide bonds. The number of anilines is 1. The van der Waals surface area contributed by atoms with Gasteiger partial charge >= 0.3 is 0 Å². The van der Waals surface area contributed by atoms with Gasteiger partial charge in [-0.2, -0.15) is 0 Å². The predicted molar refractivity (Wildman–Crippen MR) is 105 cm³/mol. The zero-order valence-corrected chi connectivity index (χ0v) is 14.7. The highest BCUT2D eigenvalue weighted by atomic mass is 32.2. The molecule has 0 saturated carbocycles. The van der Waals surface area contributed by atoms with Crippen LogP contribution in [0.25, 0.3) is 22.2 Å². The summed E-state index contributed by atoms with van der Waals surface area (Å²) in [4.78, 5) is 16.7. The van der Waals surface area contributed by atoms with Gasteiger partial charge in [-0.15, -0.1) is 5.10 Å². The normalized spacial score (nSPS) is 10.8. The first-order valence-electron chi connectivity index (χ1n) is 8.18. The van der Waals surface area contributed by atoms with Gasteiger partial charge in [0, 0.05) is 16.6 Å². The second kappa shape index (κ2) is 7.41. The Morgan fingerprint density at radius 1 is 0.962 bits per heavy atom. The van der Waals surface area contributed by atoms with Gasteiger partial charge in [0.15, 0.2) is 5.82 Å². The summed E-state index contributed by atoms with van der Waals surface area (Å²) < 4.78 is 0. The minimum atomic E-state index is -0.0857. The van der Waals surface area contributed by atoms with Gasteiger partial charge in [0.25, 0.3) is 0 Å². The topological polar surface area (TPSA) is 70.7 Å². The maximum absolute atomic E-state index is 12.3. The minimum absolute atomic E-state index is 0.0857. The summed E-state index contributed by atoms with van der Waals surface area (Å²) in [7, 11) is 0. The van der Waals surface area contributed by atoms with Crippen molar-refractivity contribution in [2.75, 3.05) is 11.1 Å². The predicted octanol–water partition coefficient (Wildman–Crippen LogP) is 4.36. The molecule has 0 bridgehead atoms. The van der Waals surface area contributed by atoms with E-state index in [0.717, 1.165) is 22.0 Å². The molecule has 0 radical (unpaired) electrons. The van der Waals surface area contributed by atoms with Crippen molar-refractivity contribution >= 4 is 34.1 Å². The molecule has 0 aliphatic heterocycles. The summed E-state index contributed by atoms with van der Waals surface area (Å²) >= 11 is 1.30. The van der Waals surface area contributed by atoms with E-state index in [9.17, 15) is 4.79 Å². The number of fused-ring (bicyclic) bond motifs is 1. The van der Waals surface area contributed by atoms with E-state index < -0.39 is 0 Å². The molecular weight excluding hydrogens is 344 g/mol. The number of benzene rings is 3. The van der Waals surface area contributed by atoms with E-state index in [-0.39, 0.29) is 11.7 Å². The van der Waals surface area contributed by atoms with Crippen molar-refractivity contribution in [3.63, 3.8) is 0 Å². The van der Waals surface area contributed by atoms with Gasteiger partial charge in [0.1, 0.15) is 0 Å². The molecule has 4 rings (SSSR count). The minimum Gasteiger partial charge on any atom is -0.325 e. The molecule has 0 unspecified atom stereocenters. The lowest BCUT2D eigenvalue weighted by atomic mass is 10.1. The summed E-state index contributed by atoms with van der Waals surface area (Å²) in [5.74, 6) is 0.856. The lowest BCUT2D eigenvalue weighted by Gasteiger charge is -2.08. The van der Waals surface area contributed by atoms with E-state index in [1.165, 1.54) is 11.8 Å². The van der Waals surface area contributed by atoms with Crippen molar-refractivity contribution in [1.29, 1.82) is 0 Å². The Labute approximate surface area is 154 Å². The summed E-state index contributed by atoms with van der Waals surface area (Å²) in [6.45, 7) is 0. The molecule has 0 spiro atoms. The average molecular weight is 360 g/mol. The molecule has 1 aromatic heterocycles. The fraction of sp³-hybridized carbons (Fsp3) is 0.0500. The highest BCUT2D eigenvalue weighted by Gasteiger charge is 2.10. The van der Waals surface area contributed by atoms with Crippen molar-refractivity contribution < 1.29 is 4.79 Å². The van der Waals surface area contributed by atoms with E-state index in [1.54, 1.807) is 0 Å². The van der Waals surface area contributed by atoms with E-state index in [0.29, 0.717) is 11.0 Å². The molecule has 0 saturated heterocycles. The fourth-order valence-electron chi connectivity index (χ4n) is 2.69. The lowest BCUT2D eigenvalue weighted by Crippen LogP contribution is -2.14. The van der Waals surface area contributed by atoms with Gasteiger partial charge in [-0.3, -0.25) is 9.89 Å². The number of nitrogens with zero attached hydrogens (tertiary/aromatic N) is 2. The number of thioether (sulfide) groups is 1. The quantitative estimate of drug-likeness (QED) is 0.519. The molecule has 128 valence electrons. The third-order valence-corrected chi connectivity index (χ3v) is 4.76. The number of nitrogens with one attached hydrogen (secondary N) is 2.